The number of amides is 1. The third-order valence-electron chi connectivity index (χ3n) is 14.6. The van der Waals surface area contributed by atoms with E-state index in [1.807, 2.05) is 108 Å². The van der Waals surface area contributed by atoms with E-state index in [2.05, 4.69) is 129 Å². The number of aryl methyl sites for hydroxylation is 1. The van der Waals surface area contributed by atoms with Crippen LogP contribution in [0.15, 0.2) is 182 Å². The molecule has 7 rings (SSSR count). The fourth-order valence-corrected chi connectivity index (χ4v) is 9.50. The summed E-state index contributed by atoms with van der Waals surface area (Å²) in [6.45, 7) is 22.6. The lowest BCUT2D eigenvalue weighted by Crippen LogP contribution is -2.39. The number of nitrogens with zero attached hydrogens (tertiary/aromatic N) is 3. The zero-order valence-corrected chi connectivity index (χ0v) is 50.4. The molecule has 0 aromatic heterocycles. The van der Waals surface area contributed by atoms with Crippen molar-refractivity contribution < 1.29 is 23.7 Å². The SMILES string of the molecule is CCCCN(CCCC)CCNCc1ccc(OCc2ccccc2)c(OCc2ccccc2)c1.CCCCc1ccc(C(=O)N(CCN(CCCC)CCCC)Cc2ccc(OCc3ccccc3)c(OCc3ccccc3)c2)cc1. The molecule has 7 aromatic carbocycles. The fourth-order valence-electron chi connectivity index (χ4n) is 9.50. The molecule has 0 unspecified atom stereocenters. The Labute approximate surface area is 494 Å². The quantitative estimate of drug-likeness (QED) is 0.0384. The molecule has 0 radical (unpaired) electrons. The highest BCUT2D eigenvalue weighted by atomic mass is 16.5. The summed E-state index contributed by atoms with van der Waals surface area (Å²) in [7, 11) is 0. The Hall–Kier alpha value is -6.91. The average Bonchev–Trinajstić information content (AvgIpc) is 3.65. The first-order chi connectivity index (χ1) is 40.4. The second-order valence-electron chi connectivity index (χ2n) is 21.5. The number of hydrogen-bond donors (Lipinski definition) is 1. The Balaban J connectivity index is 0.000000275. The highest BCUT2D eigenvalue weighted by molar-refractivity contribution is 5.94. The van der Waals surface area contributed by atoms with Crippen molar-refractivity contribution in [2.24, 2.45) is 0 Å². The van der Waals surface area contributed by atoms with Crippen LogP contribution in [0.4, 0.5) is 0 Å². The number of nitrogens with one attached hydrogen (secondary N) is 1. The minimum atomic E-state index is 0.0640. The summed E-state index contributed by atoms with van der Waals surface area (Å²) < 4.78 is 25.0. The minimum Gasteiger partial charge on any atom is -0.485 e. The monoisotopic (exact) mass is 1110 g/mol. The molecule has 9 nitrogen and oxygen atoms in total. The van der Waals surface area contributed by atoms with E-state index in [1.54, 1.807) is 0 Å². The van der Waals surface area contributed by atoms with Gasteiger partial charge in [0.05, 0.1) is 0 Å². The van der Waals surface area contributed by atoms with Gasteiger partial charge < -0.3 is 39.0 Å². The summed E-state index contributed by atoms with van der Waals surface area (Å²) in [6, 6.07) is 61.4. The molecule has 1 N–H and O–H groups in total. The third-order valence-corrected chi connectivity index (χ3v) is 14.6. The molecule has 0 spiro atoms. The molecule has 0 heterocycles. The second kappa shape index (κ2) is 38.7. The number of benzene rings is 7. The van der Waals surface area contributed by atoms with E-state index in [4.69, 9.17) is 18.9 Å². The van der Waals surface area contributed by atoms with E-state index >= 15 is 0 Å². The highest BCUT2D eigenvalue weighted by Gasteiger charge is 2.20. The van der Waals surface area contributed by atoms with Gasteiger partial charge in [0.1, 0.15) is 26.4 Å². The molecule has 7 aromatic rings. The Morgan fingerprint density at radius 3 is 1.17 bits per heavy atom. The van der Waals surface area contributed by atoms with Crippen molar-refractivity contribution in [3.8, 4) is 23.0 Å². The summed E-state index contributed by atoms with van der Waals surface area (Å²) in [5, 5.41) is 3.63. The molecular formula is C73H96N4O5. The maximum atomic E-state index is 14.1. The van der Waals surface area contributed by atoms with Crippen molar-refractivity contribution in [3.05, 3.63) is 226 Å². The van der Waals surface area contributed by atoms with E-state index in [-0.39, 0.29) is 5.91 Å². The van der Waals surface area contributed by atoms with Crippen LogP contribution in [-0.2, 0) is 45.9 Å². The lowest BCUT2D eigenvalue weighted by molar-refractivity contribution is 0.0720. The summed E-state index contributed by atoms with van der Waals surface area (Å²) in [5.74, 6) is 3.01. The van der Waals surface area contributed by atoms with Crippen LogP contribution < -0.4 is 24.3 Å². The smallest absolute Gasteiger partial charge is 0.254 e. The molecule has 0 aliphatic carbocycles. The van der Waals surface area contributed by atoms with Gasteiger partial charge in [-0.1, -0.05) is 212 Å². The van der Waals surface area contributed by atoms with Crippen molar-refractivity contribution in [1.29, 1.82) is 0 Å². The van der Waals surface area contributed by atoms with Gasteiger partial charge in [-0.2, -0.15) is 0 Å². The molecule has 0 fully saturated rings. The van der Waals surface area contributed by atoms with Gasteiger partial charge in [0.15, 0.2) is 23.0 Å². The van der Waals surface area contributed by atoms with E-state index in [9.17, 15) is 4.79 Å². The van der Waals surface area contributed by atoms with Gasteiger partial charge in [-0.15, -0.1) is 0 Å². The van der Waals surface area contributed by atoms with Crippen LogP contribution in [0.5, 0.6) is 23.0 Å². The number of ether oxygens (including phenoxy) is 4. The summed E-state index contributed by atoms with van der Waals surface area (Å²) in [6.07, 6.45) is 13.1. The standard InChI is InChI=1S/C42H54N2O3.C31H42N2O2/c1-4-7-16-35-21-24-39(25-22-35)42(45)44(30-29-43(27-8-5-2)28-9-6-3)32-38-23-26-40(46-33-36-17-12-10-13-18-36)41(31-38)47-34-37-19-14-11-15-20-37;1-3-5-20-33(21-6-4-2)22-19-32-24-29-17-18-30(34-25-27-13-9-7-10-14-27)31(23-29)35-26-28-15-11-8-12-16-28/h10-15,17-26,31H,4-9,16,27-30,32-34H2,1-3H3;7-18,23,32H,3-6,19-22,24-26H2,1-2H3. The van der Waals surface area contributed by atoms with Crippen LogP contribution >= 0.6 is 0 Å². The van der Waals surface area contributed by atoms with Crippen molar-refractivity contribution in [3.63, 3.8) is 0 Å². The van der Waals surface area contributed by atoms with Gasteiger partial charge in [0.2, 0.25) is 0 Å². The number of hydrogen-bond acceptors (Lipinski definition) is 8. The highest BCUT2D eigenvalue weighted by Crippen LogP contribution is 2.32. The summed E-state index contributed by atoms with van der Waals surface area (Å²) in [5.41, 5.74) is 8.71. The maximum Gasteiger partial charge on any atom is 0.254 e. The van der Waals surface area contributed by atoms with E-state index < -0.39 is 0 Å². The van der Waals surface area contributed by atoms with Crippen molar-refractivity contribution >= 4 is 5.91 Å². The topological polar surface area (TPSA) is 75.7 Å². The molecule has 0 atom stereocenters. The number of carbonyl (C=O) groups is 1. The molecule has 0 saturated heterocycles. The summed E-state index contributed by atoms with van der Waals surface area (Å²) in [4.78, 5) is 21.2. The largest absolute Gasteiger partial charge is 0.485 e. The zero-order valence-electron chi connectivity index (χ0n) is 50.4. The molecule has 82 heavy (non-hydrogen) atoms. The van der Waals surface area contributed by atoms with Crippen molar-refractivity contribution in [1.82, 2.24) is 20.0 Å². The summed E-state index contributed by atoms with van der Waals surface area (Å²) >= 11 is 0. The van der Waals surface area contributed by atoms with Crippen LogP contribution in [0.2, 0.25) is 0 Å². The normalized spacial score (nSPS) is 11.1. The Morgan fingerprint density at radius 2 is 0.744 bits per heavy atom. The number of rotatable bonds is 38. The lowest BCUT2D eigenvalue weighted by Gasteiger charge is -2.28. The van der Waals surface area contributed by atoms with E-state index in [0.29, 0.717) is 51.0 Å². The first kappa shape index (κ1) is 64.3. The minimum absolute atomic E-state index is 0.0640. The van der Waals surface area contributed by atoms with E-state index in [0.717, 1.165) is 103 Å². The van der Waals surface area contributed by atoms with Gasteiger partial charge in [-0.25, -0.2) is 0 Å². The van der Waals surface area contributed by atoms with Gasteiger partial charge in [-0.05, 0) is 140 Å². The van der Waals surface area contributed by atoms with Crippen LogP contribution in [0.25, 0.3) is 0 Å². The fraction of sp³-hybridized carbons (Fsp3) is 0.411. The second-order valence-corrected chi connectivity index (χ2v) is 21.5. The first-order valence-electron chi connectivity index (χ1n) is 30.8. The zero-order chi connectivity index (χ0) is 57.7. The lowest BCUT2D eigenvalue weighted by atomic mass is 10.1. The van der Waals surface area contributed by atoms with Crippen molar-refractivity contribution in [2.75, 3.05) is 52.4 Å². The Kier molecular flexibility index (Phi) is 30.4. The number of unbranched alkanes of at least 4 members (excludes halogenated alkanes) is 5. The molecule has 1 amide bonds. The van der Waals surface area contributed by atoms with Crippen LogP contribution in [0.3, 0.4) is 0 Å². The van der Waals surface area contributed by atoms with Gasteiger partial charge in [-0.3, -0.25) is 4.79 Å². The van der Waals surface area contributed by atoms with Crippen molar-refractivity contribution in [2.45, 2.75) is 145 Å². The molecule has 0 aliphatic heterocycles. The molecule has 9 heteroatoms. The van der Waals surface area contributed by atoms with Crippen LogP contribution in [0, 0.1) is 0 Å². The van der Waals surface area contributed by atoms with Crippen LogP contribution in [-0.4, -0.2) is 73.0 Å². The number of carbonyl (C=O) groups excluding carboxylic acids is 1. The third kappa shape index (κ3) is 24.3. The van der Waals surface area contributed by atoms with Gasteiger partial charge in [0.25, 0.3) is 5.91 Å². The maximum absolute atomic E-state index is 14.1. The average molecular weight is 1110 g/mol. The molecular weight excluding hydrogens is 1010 g/mol. The Morgan fingerprint density at radius 1 is 0.366 bits per heavy atom. The van der Waals surface area contributed by atoms with Gasteiger partial charge >= 0.3 is 0 Å². The Bertz CT molecular complexity index is 2750. The predicted octanol–water partition coefficient (Wildman–Crippen LogP) is 16.6. The van der Waals surface area contributed by atoms with E-state index in [1.165, 1.54) is 75.6 Å². The van der Waals surface area contributed by atoms with Crippen LogP contribution in [0.1, 0.15) is 148 Å². The molecule has 0 bridgehead atoms. The molecule has 438 valence electrons. The molecule has 0 saturated carbocycles. The first-order valence-corrected chi connectivity index (χ1v) is 30.8. The molecule has 0 aliphatic rings. The predicted molar refractivity (Wildman–Crippen MR) is 340 cm³/mol. The van der Waals surface area contributed by atoms with Gasteiger partial charge in [0, 0.05) is 44.8 Å².